The molecule has 1 atom stereocenters. The summed E-state index contributed by atoms with van der Waals surface area (Å²) in [5, 5.41) is 13.4. The number of fused-ring (bicyclic) bond motifs is 1. The lowest BCUT2D eigenvalue weighted by Gasteiger charge is -2.12. The molecule has 19 heavy (non-hydrogen) atoms. The van der Waals surface area contributed by atoms with E-state index in [4.69, 9.17) is 9.47 Å². The molecule has 0 radical (unpaired) electrons. The maximum Gasteiger partial charge on any atom is 0.231 e. The van der Waals surface area contributed by atoms with Crippen LogP contribution in [0, 0.1) is 0 Å². The standard InChI is InChI=1S/C15H23NO3/c1-2-3-4-5-8-16-10-13(17)12-6-7-14-15(9-12)19-11-18-14/h6-7,9,13,16-17H,2-5,8,10-11H2,1H3. The van der Waals surface area contributed by atoms with Crippen molar-refractivity contribution in [2.24, 2.45) is 0 Å². The maximum atomic E-state index is 10.1. The zero-order valence-electron chi connectivity index (χ0n) is 11.5. The van der Waals surface area contributed by atoms with Crippen LogP contribution in [0.3, 0.4) is 0 Å². The number of benzene rings is 1. The Morgan fingerprint density at radius 3 is 2.89 bits per heavy atom. The Bertz CT molecular complexity index is 395. The molecule has 0 saturated heterocycles. The van der Waals surface area contributed by atoms with Crippen LogP contribution in [0.25, 0.3) is 0 Å². The second-order valence-corrected chi connectivity index (χ2v) is 4.89. The third-order valence-corrected chi connectivity index (χ3v) is 3.33. The first-order chi connectivity index (χ1) is 9.31. The number of aliphatic hydroxyl groups excluding tert-OH is 1. The second kappa shape index (κ2) is 7.36. The van der Waals surface area contributed by atoms with Crippen LogP contribution in [-0.2, 0) is 0 Å². The highest BCUT2D eigenvalue weighted by atomic mass is 16.7. The van der Waals surface area contributed by atoms with Crippen molar-refractivity contribution in [3.63, 3.8) is 0 Å². The van der Waals surface area contributed by atoms with Crippen molar-refractivity contribution in [3.8, 4) is 11.5 Å². The summed E-state index contributed by atoms with van der Waals surface area (Å²) in [7, 11) is 0. The summed E-state index contributed by atoms with van der Waals surface area (Å²) in [5.74, 6) is 1.47. The van der Waals surface area contributed by atoms with Crippen LogP contribution in [0.2, 0.25) is 0 Å². The largest absolute Gasteiger partial charge is 0.454 e. The van der Waals surface area contributed by atoms with Crippen LogP contribution in [0.4, 0.5) is 0 Å². The van der Waals surface area contributed by atoms with E-state index < -0.39 is 6.10 Å². The summed E-state index contributed by atoms with van der Waals surface area (Å²) in [6, 6.07) is 5.59. The van der Waals surface area contributed by atoms with E-state index in [-0.39, 0.29) is 6.79 Å². The Labute approximate surface area is 114 Å². The molecule has 1 aliphatic heterocycles. The summed E-state index contributed by atoms with van der Waals surface area (Å²) < 4.78 is 10.6. The van der Waals surface area contributed by atoms with Gasteiger partial charge in [0, 0.05) is 6.54 Å². The molecule has 2 N–H and O–H groups in total. The molecule has 1 aromatic carbocycles. The lowest BCUT2D eigenvalue weighted by Crippen LogP contribution is -2.22. The van der Waals surface area contributed by atoms with Gasteiger partial charge in [-0.2, -0.15) is 0 Å². The fraction of sp³-hybridized carbons (Fsp3) is 0.600. The Morgan fingerprint density at radius 2 is 2.05 bits per heavy atom. The number of nitrogens with one attached hydrogen (secondary N) is 1. The van der Waals surface area contributed by atoms with Gasteiger partial charge >= 0.3 is 0 Å². The SMILES string of the molecule is CCCCCCNCC(O)c1ccc2c(c1)OCO2. The van der Waals surface area contributed by atoms with Gasteiger partial charge in [-0.1, -0.05) is 32.3 Å². The molecule has 2 rings (SSSR count). The number of ether oxygens (including phenoxy) is 2. The van der Waals surface area contributed by atoms with E-state index in [0.29, 0.717) is 6.54 Å². The van der Waals surface area contributed by atoms with Gasteiger partial charge in [0.2, 0.25) is 6.79 Å². The number of rotatable bonds is 8. The van der Waals surface area contributed by atoms with Crippen LogP contribution < -0.4 is 14.8 Å². The van der Waals surface area contributed by atoms with Crippen LogP contribution in [-0.4, -0.2) is 25.0 Å². The summed E-state index contributed by atoms with van der Waals surface area (Å²) in [5.41, 5.74) is 0.866. The Kier molecular flexibility index (Phi) is 5.48. The van der Waals surface area contributed by atoms with Gasteiger partial charge < -0.3 is 19.9 Å². The van der Waals surface area contributed by atoms with Gasteiger partial charge in [0.1, 0.15) is 0 Å². The lowest BCUT2D eigenvalue weighted by atomic mass is 10.1. The predicted octanol–water partition coefficient (Wildman–Crippen LogP) is 2.62. The normalized spacial score (nSPS) is 14.6. The quantitative estimate of drug-likeness (QED) is 0.709. The third kappa shape index (κ3) is 4.11. The van der Waals surface area contributed by atoms with Crippen LogP contribution in [0.15, 0.2) is 18.2 Å². The first-order valence-electron chi connectivity index (χ1n) is 7.09. The van der Waals surface area contributed by atoms with Gasteiger partial charge in [0.25, 0.3) is 0 Å². The number of aliphatic hydroxyl groups is 1. The van der Waals surface area contributed by atoms with Crippen LogP contribution in [0.1, 0.15) is 44.3 Å². The molecule has 0 fully saturated rings. The Hall–Kier alpha value is -1.26. The molecule has 0 spiro atoms. The summed E-state index contributed by atoms with van der Waals surface area (Å²) in [6.45, 7) is 4.01. The highest BCUT2D eigenvalue weighted by Crippen LogP contribution is 2.33. The maximum absolute atomic E-state index is 10.1. The van der Waals surface area contributed by atoms with Crippen molar-refractivity contribution in [3.05, 3.63) is 23.8 Å². The van der Waals surface area contributed by atoms with Gasteiger partial charge in [-0.25, -0.2) is 0 Å². The van der Waals surface area contributed by atoms with Gasteiger partial charge in [-0.3, -0.25) is 0 Å². The van der Waals surface area contributed by atoms with Gasteiger partial charge in [-0.05, 0) is 30.7 Å². The first kappa shape index (κ1) is 14.2. The van der Waals surface area contributed by atoms with Crippen LogP contribution >= 0.6 is 0 Å². The molecule has 1 heterocycles. The molecule has 0 bridgehead atoms. The monoisotopic (exact) mass is 265 g/mol. The average Bonchev–Trinajstić information content (AvgIpc) is 2.89. The minimum atomic E-state index is -0.499. The van der Waals surface area contributed by atoms with Crippen molar-refractivity contribution >= 4 is 0 Å². The van der Waals surface area contributed by atoms with E-state index in [1.165, 1.54) is 25.7 Å². The molecule has 4 heteroatoms. The van der Waals surface area contributed by atoms with E-state index in [1.807, 2.05) is 18.2 Å². The molecule has 0 aliphatic carbocycles. The van der Waals surface area contributed by atoms with Gasteiger partial charge in [-0.15, -0.1) is 0 Å². The topological polar surface area (TPSA) is 50.7 Å². The predicted molar refractivity (Wildman–Crippen MR) is 74.5 cm³/mol. The average molecular weight is 265 g/mol. The third-order valence-electron chi connectivity index (χ3n) is 3.33. The minimum absolute atomic E-state index is 0.268. The van der Waals surface area contributed by atoms with Gasteiger partial charge in [0.15, 0.2) is 11.5 Å². The summed E-state index contributed by atoms with van der Waals surface area (Å²) in [4.78, 5) is 0. The van der Waals surface area contributed by atoms with Crippen molar-refractivity contribution in [2.45, 2.75) is 38.7 Å². The highest BCUT2D eigenvalue weighted by Gasteiger charge is 2.16. The Balaban J connectivity index is 1.72. The minimum Gasteiger partial charge on any atom is -0.454 e. The first-order valence-corrected chi connectivity index (χ1v) is 7.09. The van der Waals surface area contributed by atoms with E-state index >= 15 is 0 Å². The van der Waals surface area contributed by atoms with Crippen molar-refractivity contribution < 1.29 is 14.6 Å². The van der Waals surface area contributed by atoms with E-state index in [0.717, 1.165) is 23.6 Å². The van der Waals surface area contributed by atoms with Crippen LogP contribution in [0.5, 0.6) is 11.5 Å². The molecular weight excluding hydrogens is 242 g/mol. The van der Waals surface area contributed by atoms with Crippen molar-refractivity contribution in [1.82, 2.24) is 5.32 Å². The molecule has 0 amide bonds. The summed E-state index contributed by atoms with van der Waals surface area (Å²) >= 11 is 0. The van der Waals surface area contributed by atoms with Gasteiger partial charge in [0.05, 0.1) is 6.10 Å². The second-order valence-electron chi connectivity index (χ2n) is 4.89. The number of unbranched alkanes of at least 4 members (excludes halogenated alkanes) is 3. The molecule has 0 saturated carbocycles. The molecule has 1 aliphatic rings. The number of hydrogen-bond donors (Lipinski definition) is 2. The molecule has 1 aromatic rings. The van der Waals surface area contributed by atoms with Crippen molar-refractivity contribution in [1.29, 1.82) is 0 Å². The highest BCUT2D eigenvalue weighted by molar-refractivity contribution is 5.45. The molecule has 106 valence electrons. The zero-order chi connectivity index (χ0) is 13.5. The molecular formula is C15H23NO3. The fourth-order valence-electron chi connectivity index (χ4n) is 2.15. The van der Waals surface area contributed by atoms with E-state index in [1.54, 1.807) is 0 Å². The van der Waals surface area contributed by atoms with E-state index in [9.17, 15) is 5.11 Å². The molecule has 4 nitrogen and oxygen atoms in total. The smallest absolute Gasteiger partial charge is 0.231 e. The summed E-state index contributed by atoms with van der Waals surface area (Å²) in [6.07, 6.45) is 4.46. The Morgan fingerprint density at radius 1 is 1.21 bits per heavy atom. The molecule has 1 unspecified atom stereocenters. The fourth-order valence-corrected chi connectivity index (χ4v) is 2.15. The number of hydrogen-bond acceptors (Lipinski definition) is 4. The van der Waals surface area contributed by atoms with Crippen molar-refractivity contribution in [2.75, 3.05) is 19.9 Å². The van der Waals surface area contributed by atoms with E-state index in [2.05, 4.69) is 12.2 Å². The lowest BCUT2D eigenvalue weighted by molar-refractivity contribution is 0.170. The molecule has 0 aromatic heterocycles. The zero-order valence-corrected chi connectivity index (χ0v) is 11.5.